The molecule has 0 aliphatic carbocycles. The van der Waals surface area contributed by atoms with Gasteiger partial charge in [0, 0.05) is 18.5 Å². The molecule has 2 N–H and O–H groups in total. The van der Waals surface area contributed by atoms with E-state index in [4.69, 9.17) is 10.2 Å². The Labute approximate surface area is 109 Å². The lowest BCUT2D eigenvalue weighted by Crippen LogP contribution is -2.37. The van der Waals surface area contributed by atoms with Crippen molar-refractivity contribution in [1.82, 2.24) is 9.88 Å². The van der Waals surface area contributed by atoms with Crippen molar-refractivity contribution in [3.8, 4) is 0 Å². The summed E-state index contributed by atoms with van der Waals surface area (Å²) in [6.07, 6.45) is 1.76. The molecule has 0 bridgehead atoms. The lowest BCUT2D eigenvalue weighted by molar-refractivity contribution is 0.382. The van der Waals surface area contributed by atoms with Crippen molar-refractivity contribution in [2.75, 3.05) is 13.1 Å². The topological polar surface area (TPSA) is 67.7 Å². The van der Waals surface area contributed by atoms with Gasteiger partial charge in [-0.25, -0.2) is 9.98 Å². The van der Waals surface area contributed by atoms with Crippen molar-refractivity contribution in [3.05, 3.63) is 17.8 Å². The molecule has 5 heteroatoms. The Kier molecular flexibility index (Phi) is 4.76. The van der Waals surface area contributed by atoms with Crippen molar-refractivity contribution in [2.45, 2.75) is 46.6 Å². The van der Waals surface area contributed by atoms with E-state index < -0.39 is 0 Å². The third kappa shape index (κ3) is 3.75. The number of nitrogens with zero attached hydrogens (tertiary/aromatic N) is 3. The number of oxazole rings is 1. The zero-order valence-electron chi connectivity index (χ0n) is 12.0. The van der Waals surface area contributed by atoms with Gasteiger partial charge in [-0.15, -0.1) is 0 Å². The average molecular weight is 252 g/mol. The molecule has 0 amide bonds. The summed E-state index contributed by atoms with van der Waals surface area (Å²) in [6.45, 7) is 12.5. The standard InChI is InChI=1S/C13H24N4O/c1-6-17(7-2)12(14)16-9-11-15-8-10(18-11)13(3,4)5/h8H,6-7,9H2,1-5H3,(H2,14,16). The molecule has 0 spiro atoms. The van der Waals surface area contributed by atoms with Crippen LogP contribution in [0.3, 0.4) is 0 Å². The van der Waals surface area contributed by atoms with Crippen LogP contribution in [0.1, 0.15) is 46.3 Å². The molecule has 1 aromatic rings. The Morgan fingerprint density at radius 2 is 2.00 bits per heavy atom. The van der Waals surface area contributed by atoms with Crippen LogP contribution in [0.25, 0.3) is 0 Å². The van der Waals surface area contributed by atoms with Crippen LogP contribution in [0.15, 0.2) is 15.6 Å². The lowest BCUT2D eigenvalue weighted by Gasteiger charge is -2.18. The minimum absolute atomic E-state index is 0.0284. The number of aromatic nitrogens is 1. The molecule has 1 aromatic heterocycles. The number of aliphatic imine (C=N–C) groups is 1. The highest BCUT2D eigenvalue weighted by molar-refractivity contribution is 5.77. The van der Waals surface area contributed by atoms with Gasteiger partial charge in [0.15, 0.2) is 5.96 Å². The molecule has 102 valence electrons. The first kappa shape index (κ1) is 14.5. The molecule has 0 atom stereocenters. The maximum absolute atomic E-state index is 5.89. The minimum atomic E-state index is -0.0284. The zero-order chi connectivity index (χ0) is 13.8. The van der Waals surface area contributed by atoms with Crippen molar-refractivity contribution in [2.24, 2.45) is 10.7 Å². The van der Waals surface area contributed by atoms with Crippen LogP contribution in [-0.4, -0.2) is 28.9 Å². The monoisotopic (exact) mass is 252 g/mol. The van der Waals surface area contributed by atoms with Crippen molar-refractivity contribution >= 4 is 5.96 Å². The van der Waals surface area contributed by atoms with E-state index in [2.05, 4.69) is 44.6 Å². The van der Waals surface area contributed by atoms with Crippen LogP contribution in [-0.2, 0) is 12.0 Å². The van der Waals surface area contributed by atoms with Gasteiger partial charge < -0.3 is 15.1 Å². The molecule has 18 heavy (non-hydrogen) atoms. The second-order valence-electron chi connectivity index (χ2n) is 5.21. The van der Waals surface area contributed by atoms with Crippen LogP contribution < -0.4 is 5.73 Å². The van der Waals surface area contributed by atoms with Crippen molar-refractivity contribution < 1.29 is 4.42 Å². The van der Waals surface area contributed by atoms with E-state index in [0.29, 0.717) is 18.4 Å². The first-order valence-corrected chi connectivity index (χ1v) is 6.38. The number of guanidine groups is 1. The maximum atomic E-state index is 5.89. The highest BCUT2D eigenvalue weighted by Gasteiger charge is 2.19. The second-order valence-corrected chi connectivity index (χ2v) is 5.21. The number of nitrogens with two attached hydrogens (primary N) is 1. The Hall–Kier alpha value is -1.52. The largest absolute Gasteiger partial charge is 0.443 e. The summed E-state index contributed by atoms with van der Waals surface area (Å²) in [7, 11) is 0. The summed E-state index contributed by atoms with van der Waals surface area (Å²) < 4.78 is 5.65. The molecule has 1 heterocycles. The third-order valence-corrected chi connectivity index (χ3v) is 2.76. The summed E-state index contributed by atoms with van der Waals surface area (Å²) in [6, 6.07) is 0. The molecule has 0 radical (unpaired) electrons. The Balaban J connectivity index is 2.69. The van der Waals surface area contributed by atoms with Gasteiger partial charge in [-0.05, 0) is 13.8 Å². The molecule has 0 fully saturated rings. The van der Waals surface area contributed by atoms with Crippen LogP contribution >= 0.6 is 0 Å². The van der Waals surface area contributed by atoms with E-state index >= 15 is 0 Å². The fraction of sp³-hybridized carbons (Fsp3) is 0.692. The molecule has 5 nitrogen and oxygen atoms in total. The van der Waals surface area contributed by atoms with Gasteiger partial charge in [-0.3, -0.25) is 0 Å². The van der Waals surface area contributed by atoms with E-state index in [0.717, 1.165) is 18.8 Å². The summed E-state index contributed by atoms with van der Waals surface area (Å²) in [5.41, 5.74) is 5.86. The first-order valence-electron chi connectivity index (χ1n) is 6.38. The molecule has 0 saturated carbocycles. The van der Waals surface area contributed by atoms with Gasteiger partial charge in [0.05, 0.1) is 6.20 Å². The Morgan fingerprint density at radius 1 is 1.39 bits per heavy atom. The summed E-state index contributed by atoms with van der Waals surface area (Å²) >= 11 is 0. The molecular formula is C13H24N4O. The smallest absolute Gasteiger partial charge is 0.216 e. The molecule has 0 unspecified atom stereocenters. The van der Waals surface area contributed by atoms with Crippen LogP contribution in [0, 0.1) is 0 Å². The van der Waals surface area contributed by atoms with Gasteiger partial charge in [-0.2, -0.15) is 0 Å². The SMILES string of the molecule is CCN(CC)C(N)=NCc1ncc(C(C)(C)C)o1. The van der Waals surface area contributed by atoms with Crippen LogP contribution in [0.2, 0.25) is 0 Å². The van der Waals surface area contributed by atoms with E-state index in [1.807, 2.05) is 4.90 Å². The molecular weight excluding hydrogens is 228 g/mol. The quantitative estimate of drug-likeness (QED) is 0.658. The van der Waals surface area contributed by atoms with Crippen LogP contribution in [0.5, 0.6) is 0 Å². The van der Waals surface area contributed by atoms with Crippen molar-refractivity contribution in [3.63, 3.8) is 0 Å². The molecule has 0 aliphatic rings. The van der Waals surface area contributed by atoms with Gasteiger partial charge >= 0.3 is 0 Å². The molecule has 0 aromatic carbocycles. The number of hydrogen-bond acceptors (Lipinski definition) is 3. The maximum Gasteiger partial charge on any atom is 0.216 e. The highest BCUT2D eigenvalue weighted by atomic mass is 16.4. The van der Waals surface area contributed by atoms with Gasteiger partial charge in [0.2, 0.25) is 5.89 Å². The van der Waals surface area contributed by atoms with E-state index in [-0.39, 0.29) is 5.41 Å². The summed E-state index contributed by atoms with van der Waals surface area (Å²) in [5.74, 6) is 2.01. The molecule has 0 saturated heterocycles. The fourth-order valence-electron chi connectivity index (χ4n) is 1.53. The predicted molar refractivity (Wildman–Crippen MR) is 73.5 cm³/mol. The predicted octanol–water partition coefficient (Wildman–Crippen LogP) is 2.13. The zero-order valence-corrected chi connectivity index (χ0v) is 12.0. The number of rotatable bonds is 4. The van der Waals surface area contributed by atoms with Gasteiger partial charge in [-0.1, -0.05) is 20.8 Å². The van der Waals surface area contributed by atoms with Gasteiger partial charge in [0.25, 0.3) is 0 Å². The van der Waals surface area contributed by atoms with Gasteiger partial charge in [0.1, 0.15) is 12.3 Å². The Morgan fingerprint density at radius 3 is 2.44 bits per heavy atom. The third-order valence-electron chi connectivity index (χ3n) is 2.76. The summed E-state index contributed by atoms with van der Waals surface area (Å²) in [5, 5.41) is 0. The van der Waals surface area contributed by atoms with E-state index in [1.54, 1.807) is 6.20 Å². The molecule has 0 aliphatic heterocycles. The van der Waals surface area contributed by atoms with E-state index in [9.17, 15) is 0 Å². The second kappa shape index (κ2) is 5.89. The summed E-state index contributed by atoms with van der Waals surface area (Å²) in [4.78, 5) is 10.5. The minimum Gasteiger partial charge on any atom is -0.443 e. The van der Waals surface area contributed by atoms with Crippen molar-refractivity contribution in [1.29, 1.82) is 0 Å². The highest BCUT2D eigenvalue weighted by Crippen LogP contribution is 2.22. The first-order chi connectivity index (χ1) is 8.38. The normalized spacial score (nSPS) is 12.8. The van der Waals surface area contributed by atoms with Crippen LogP contribution in [0.4, 0.5) is 0 Å². The number of hydrogen-bond donors (Lipinski definition) is 1. The van der Waals surface area contributed by atoms with E-state index in [1.165, 1.54) is 0 Å². The molecule has 1 rings (SSSR count). The fourth-order valence-corrected chi connectivity index (χ4v) is 1.53. The lowest BCUT2D eigenvalue weighted by atomic mass is 9.94. The average Bonchev–Trinajstić information content (AvgIpc) is 2.76. The Bertz CT molecular complexity index is 399.